The minimum Gasteiger partial charge on any atom is -0.463 e. The number of ether oxygens (including phenoxy) is 1. The maximum absolute atomic E-state index is 5.58. The Morgan fingerprint density at radius 3 is 2.94 bits per heavy atom. The zero-order valence-corrected chi connectivity index (χ0v) is 10.1. The topological polar surface area (TPSA) is 77.8 Å². The number of aromatic nitrogens is 5. The van der Waals surface area contributed by atoms with E-state index in [2.05, 4.69) is 25.3 Å². The molecule has 0 aliphatic heterocycles. The molecule has 1 N–H and O–H groups in total. The molecule has 1 fully saturated rings. The summed E-state index contributed by atoms with van der Waals surface area (Å²) in [6.07, 6.45) is 7.56. The van der Waals surface area contributed by atoms with Crippen LogP contribution in [0, 0.1) is 5.92 Å². The Balaban J connectivity index is 1.85. The van der Waals surface area contributed by atoms with E-state index in [1.54, 1.807) is 30.3 Å². The van der Waals surface area contributed by atoms with E-state index in [9.17, 15) is 0 Å². The summed E-state index contributed by atoms with van der Waals surface area (Å²) < 4.78 is 7.29. The van der Waals surface area contributed by atoms with Crippen LogP contribution in [-0.2, 0) is 0 Å². The zero-order chi connectivity index (χ0) is 12.4. The fourth-order valence-corrected chi connectivity index (χ4v) is 1.49. The Morgan fingerprint density at radius 2 is 2.28 bits per heavy atom. The van der Waals surface area contributed by atoms with Crippen LogP contribution in [-0.4, -0.2) is 38.2 Å². The number of nitrogens with one attached hydrogen (secondary N) is 1. The van der Waals surface area contributed by atoms with Crippen LogP contribution in [0.3, 0.4) is 0 Å². The van der Waals surface area contributed by atoms with Crippen LogP contribution < -0.4 is 10.1 Å². The van der Waals surface area contributed by atoms with E-state index < -0.39 is 0 Å². The molecule has 0 saturated heterocycles. The number of anilines is 1. The molecule has 0 radical (unpaired) electrons. The van der Waals surface area contributed by atoms with Crippen molar-refractivity contribution in [1.82, 2.24) is 24.5 Å². The lowest BCUT2D eigenvalue weighted by Gasteiger charge is -2.07. The molecule has 1 aliphatic carbocycles. The number of hydrogen-bond acceptors (Lipinski definition) is 6. The maximum atomic E-state index is 5.58. The lowest BCUT2D eigenvalue weighted by Crippen LogP contribution is -2.09. The number of imidazole rings is 1. The fourth-order valence-electron chi connectivity index (χ4n) is 1.49. The van der Waals surface area contributed by atoms with Gasteiger partial charge in [-0.25, -0.2) is 4.98 Å². The predicted molar refractivity (Wildman–Crippen MR) is 64.7 cm³/mol. The third kappa shape index (κ3) is 2.39. The quantitative estimate of drug-likeness (QED) is 0.844. The van der Waals surface area contributed by atoms with Crippen LogP contribution in [0.4, 0.5) is 5.95 Å². The summed E-state index contributed by atoms with van der Waals surface area (Å²) in [5, 5.41) is 2.90. The van der Waals surface area contributed by atoms with Crippen molar-refractivity contribution in [1.29, 1.82) is 0 Å². The van der Waals surface area contributed by atoms with Gasteiger partial charge in [0.1, 0.15) is 6.33 Å². The first-order valence-electron chi connectivity index (χ1n) is 5.90. The molecule has 0 amide bonds. The molecule has 0 bridgehead atoms. The van der Waals surface area contributed by atoms with Gasteiger partial charge in [-0.05, 0) is 18.8 Å². The van der Waals surface area contributed by atoms with Crippen molar-refractivity contribution >= 4 is 5.95 Å². The average Bonchev–Trinajstić information content (AvgIpc) is 3.07. The molecule has 2 heterocycles. The summed E-state index contributed by atoms with van der Waals surface area (Å²) in [7, 11) is 1.76. The van der Waals surface area contributed by atoms with E-state index in [-0.39, 0.29) is 0 Å². The van der Waals surface area contributed by atoms with Gasteiger partial charge in [0.25, 0.3) is 0 Å². The molecule has 0 unspecified atom stereocenters. The second-order valence-corrected chi connectivity index (χ2v) is 4.22. The van der Waals surface area contributed by atoms with E-state index in [1.807, 2.05) is 0 Å². The lowest BCUT2D eigenvalue weighted by molar-refractivity contribution is 0.275. The number of nitrogens with zero attached hydrogens (tertiary/aromatic N) is 5. The molecule has 1 aliphatic rings. The lowest BCUT2D eigenvalue weighted by atomic mass is 10.5. The van der Waals surface area contributed by atoms with E-state index in [1.165, 1.54) is 12.8 Å². The molecule has 7 heteroatoms. The monoisotopic (exact) mass is 246 g/mol. The zero-order valence-electron chi connectivity index (χ0n) is 10.1. The minimum atomic E-state index is 0.352. The van der Waals surface area contributed by atoms with E-state index in [0.29, 0.717) is 30.4 Å². The summed E-state index contributed by atoms with van der Waals surface area (Å²) >= 11 is 0. The Morgan fingerprint density at radius 1 is 1.39 bits per heavy atom. The van der Waals surface area contributed by atoms with Crippen molar-refractivity contribution < 1.29 is 4.74 Å². The van der Waals surface area contributed by atoms with Gasteiger partial charge in [0.15, 0.2) is 0 Å². The van der Waals surface area contributed by atoms with Gasteiger partial charge >= 0.3 is 6.01 Å². The molecule has 3 rings (SSSR count). The summed E-state index contributed by atoms with van der Waals surface area (Å²) in [6.45, 7) is 0.677. The van der Waals surface area contributed by atoms with Gasteiger partial charge in [-0.3, -0.25) is 4.57 Å². The molecule has 0 aromatic carbocycles. The van der Waals surface area contributed by atoms with Gasteiger partial charge < -0.3 is 10.1 Å². The second-order valence-electron chi connectivity index (χ2n) is 4.22. The molecule has 2 aromatic rings. The van der Waals surface area contributed by atoms with Crippen molar-refractivity contribution in [3.05, 3.63) is 18.7 Å². The molecular weight excluding hydrogens is 232 g/mol. The standard InChI is InChI=1S/C11H14N6O/c1-12-9-14-10(17-5-4-13-7-17)16-11(15-9)18-6-8-2-3-8/h4-5,7-8H,2-3,6H2,1H3,(H,12,14,15,16). The van der Waals surface area contributed by atoms with Gasteiger partial charge in [-0.15, -0.1) is 0 Å². The smallest absolute Gasteiger partial charge is 0.323 e. The van der Waals surface area contributed by atoms with Crippen molar-refractivity contribution in [2.75, 3.05) is 19.0 Å². The first-order valence-corrected chi connectivity index (χ1v) is 5.90. The average molecular weight is 246 g/mol. The van der Waals surface area contributed by atoms with Crippen LogP contribution in [0.25, 0.3) is 5.95 Å². The highest BCUT2D eigenvalue weighted by molar-refractivity contribution is 5.29. The molecule has 0 atom stereocenters. The molecule has 2 aromatic heterocycles. The van der Waals surface area contributed by atoms with Gasteiger partial charge in [-0.2, -0.15) is 15.0 Å². The first kappa shape index (κ1) is 10.9. The Hall–Kier alpha value is -2.18. The molecule has 94 valence electrons. The third-order valence-corrected chi connectivity index (χ3v) is 2.71. The second kappa shape index (κ2) is 4.59. The highest BCUT2D eigenvalue weighted by atomic mass is 16.5. The van der Waals surface area contributed by atoms with E-state index in [4.69, 9.17) is 4.74 Å². The third-order valence-electron chi connectivity index (χ3n) is 2.71. The number of hydrogen-bond donors (Lipinski definition) is 1. The SMILES string of the molecule is CNc1nc(OCC2CC2)nc(-n2ccnc2)n1. The summed E-state index contributed by atoms with van der Waals surface area (Å²) in [4.78, 5) is 16.7. The van der Waals surface area contributed by atoms with Crippen LogP contribution in [0.2, 0.25) is 0 Å². The van der Waals surface area contributed by atoms with Gasteiger partial charge in [0, 0.05) is 19.4 Å². The van der Waals surface area contributed by atoms with Crippen molar-refractivity contribution in [3.63, 3.8) is 0 Å². The molecule has 7 nitrogen and oxygen atoms in total. The highest BCUT2D eigenvalue weighted by Gasteiger charge is 2.22. The van der Waals surface area contributed by atoms with Gasteiger partial charge in [0.05, 0.1) is 6.61 Å². The Bertz CT molecular complexity index is 522. The molecule has 18 heavy (non-hydrogen) atoms. The fraction of sp³-hybridized carbons (Fsp3) is 0.455. The first-order chi connectivity index (χ1) is 8.85. The molecular formula is C11H14N6O. The predicted octanol–water partition coefficient (Wildman–Crippen LogP) is 0.888. The van der Waals surface area contributed by atoms with E-state index in [0.717, 1.165) is 0 Å². The largest absolute Gasteiger partial charge is 0.463 e. The number of rotatable bonds is 5. The van der Waals surface area contributed by atoms with Crippen molar-refractivity contribution in [2.45, 2.75) is 12.8 Å². The van der Waals surface area contributed by atoms with Crippen molar-refractivity contribution in [2.24, 2.45) is 5.92 Å². The van der Waals surface area contributed by atoms with Gasteiger partial charge in [-0.1, -0.05) is 0 Å². The van der Waals surface area contributed by atoms with Crippen LogP contribution in [0.5, 0.6) is 6.01 Å². The Labute approximate surface area is 104 Å². The van der Waals surface area contributed by atoms with Crippen molar-refractivity contribution in [3.8, 4) is 12.0 Å². The van der Waals surface area contributed by atoms with Gasteiger partial charge in [0.2, 0.25) is 11.9 Å². The normalized spacial score (nSPS) is 14.5. The maximum Gasteiger partial charge on any atom is 0.323 e. The van der Waals surface area contributed by atoms with Crippen LogP contribution in [0.15, 0.2) is 18.7 Å². The summed E-state index contributed by atoms with van der Waals surface area (Å²) in [5.74, 6) is 1.65. The van der Waals surface area contributed by atoms with E-state index >= 15 is 0 Å². The summed E-state index contributed by atoms with van der Waals surface area (Å²) in [5.41, 5.74) is 0. The summed E-state index contributed by atoms with van der Waals surface area (Å²) in [6, 6.07) is 0.352. The van der Waals surface area contributed by atoms with Crippen LogP contribution >= 0.6 is 0 Å². The molecule has 1 saturated carbocycles. The highest BCUT2D eigenvalue weighted by Crippen LogP contribution is 2.29. The van der Waals surface area contributed by atoms with Crippen LogP contribution in [0.1, 0.15) is 12.8 Å². The Kier molecular flexibility index (Phi) is 2.79. The minimum absolute atomic E-state index is 0.352. The molecule has 0 spiro atoms.